The molecular formula is C24H25N3O3S. The number of sulfonamides is 1. The van der Waals surface area contributed by atoms with Crippen LogP contribution >= 0.6 is 0 Å². The van der Waals surface area contributed by atoms with Crippen molar-refractivity contribution in [2.75, 3.05) is 10.8 Å². The lowest BCUT2D eigenvalue weighted by Gasteiger charge is -2.24. The molecule has 0 atom stereocenters. The van der Waals surface area contributed by atoms with E-state index in [1.165, 1.54) is 6.21 Å². The molecule has 0 fully saturated rings. The highest BCUT2D eigenvalue weighted by Crippen LogP contribution is 2.24. The highest BCUT2D eigenvalue weighted by atomic mass is 32.2. The summed E-state index contributed by atoms with van der Waals surface area (Å²) in [5.74, 6) is -0.541. The van der Waals surface area contributed by atoms with Crippen molar-refractivity contribution in [2.45, 2.75) is 25.7 Å². The average Bonchev–Trinajstić information content (AvgIpc) is 2.72. The first-order chi connectivity index (χ1) is 14.8. The Balaban J connectivity index is 1.84. The average molecular weight is 436 g/mol. The molecule has 3 aromatic rings. The van der Waals surface area contributed by atoms with Gasteiger partial charge in [0.05, 0.1) is 16.8 Å². The predicted octanol–water partition coefficient (Wildman–Crippen LogP) is 3.96. The van der Waals surface area contributed by atoms with E-state index in [2.05, 4.69) is 10.5 Å². The maximum atomic E-state index is 13.3. The van der Waals surface area contributed by atoms with Gasteiger partial charge in [-0.2, -0.15) is 5.10 Å². The lowest BCUT2D eigenvalue weighted by atomic mass is 10.2. The molecule has 0 saturated carbocycles. The Kier molecular flexibility index (Phi) is 6.87. The molecule has 6 nitrogen and oxygen atoms in total. The van der Waals surface area contributed by atoms with E-state index in [-0.39, 0.29) is 4.90 Å². The highest BCUT2D eigenvalue weighted by Gasteiger charge is 2.27. The standard InChI is InChI=1S/C24H25N3O3S/c1-18-10-12-23(13-11-18)31(29,30)27(22-9-5-7-20(3)15-22)17-24(28)26-25-16-21-8-4-6-19(2)14-21/h4-16H,17H2,1-3H3,(H,26,28)/b25-16-. The van der Waals surface area contributed by atoms with Crippen LogP contribution in [0.1, 0.15) is 22.3 Å². The molecule has 0 heterocycles. The van der Waals surface area contributed by atoms with Crippen LogP contribution < -0.4 is 9.73 Å². The highest BCUT2D eigenvalue weighted by molar-refractivity contribution is 7.92. The van der Waals surface area contributed by atoms with E-state index in [4.69, 9.17) is 0 Å². The number of aryl methyl sites for hydroxylation is 3. The minimum Gasteiger partial charge on any atom is -0.271 e. The van der Waals surface area contributed by atoms with E-state index in [0.717, 1.165) is 26.6 Å². The fourth-order valence-corrected chi connectivity index (χ4v) is 4.44. The number of hydrogen-bond acceptors (Lipinski definition) is 4. The summed E-state index contributed by atoms with van der Waals surface area (Å²) >= 11 is 0. The third-order valence-corrected chi connectivity index (χ3v) is 6.42. The van der Waals surface area contributed by atoms with Gasteiger partial charge < -0.3 is 0 Å². The van der Waals surface area contributed by atoms with Gasteiger partial charge in [-0.1, -0.05) is 59.7 Å². The normalized spacial score (nSPS) is 11.5. The Morgan fingerprint density at radius 3 is 2.19 bits per heavy atom. The third kappa shape index (κ3) is 5.79. The molecule has 0 aliphatic rings. The van der Waals surface area contributed by atoms with E-state index >= 15 is 0 Å². The summed E-state index contributed by atoms with van der Waals surface area (Å²) in [4.78, 5) is 12.7. The quantitative estimate of drug-likeness (QED) is 0.451. The van der Waals surface area contributed by atoms with Gasteiger partial charge in [-0.15, -0.1) is 0 Å². The van der Waals surface area contributed by atoms with Crippen LogP contribution in [-0.4, -0.2) is 27.1 Å². The van der Waals surface area contributed by atoms with E-state index < -0.39 is 22.5 Å². The second-order valence-electron chi connectivity index (χ2n) is 7.37. The first kappa shape index (κ1) is 22.2. The molecule has 0 saturated heterocycles. The van der Waals surface area contributed by atoms with Crippen LogP contribution in [0, 0.1) is 20.8 Å². The maximum absolute atomic E-state index is 13.3. The van der Waals surface area contributed by atoms with Gasteiger partial charge in [0.15, 0.2) is 0 Å². The zero-order valence-corrected chi connectivity index (χ0v) is 18.6. The van der Waals surface area contributed by atoms with Crippen molar-refractivity contribution in [1.29, 1.82) is 0 Å². The first-order valence-electron chi connectivity index (χ1n) is 9.80. The SMILES string of the molecule is Cc1ccc(S(=O)(=O)N(CC(=O)N/N=C\c2cccc(C)c2)c2cccc(C)c2)cc1. The van der Waals surface area contributed by atoms with Crippen LogP contribution in [0.15, 0.2) is 82.8 Å². The minimum absolute atomic E-state index is 0.121. The Labute approximate surface area is 183 Å². The van der Waals surface area contributed by atoms with Gasteiger partial charge in [-0.3, -0.25) is 9.10 Å². The summed E-state index contributed by atoms with van der Waals surface area (Å²) in [5.41, 5.74) is 6.58. The molecule has 0 aromatic heterocycles. The number of hydrogen-bond donors (Lipinski definition) is 1. The van der Waals surface area contributed by atoms with E-state index in [9.17, 15) is 13.2 Å². The summed E-state index contributed by atoms with van der Waals surface area (Å²) in [6.45, 7) is 5.32. The number of nitrogens with one attached hydrogen (secondary N) is 1. The molecule has 0 radical (unpaired) electrons. The van der Waals surface area contributed by atoms with Crippen LogP contribution in [0.3, 0.4) is 0 Å². The second kappa shape index (κ2) is 9.57. The van der Waals surface area contributed by atoms with Gasteiger partial charge >= 0.3 is 0 Å². The summed E-state index contributed by atoms with van der Waals surface area (Å²) in [6.07, 6.45) is 1.52. The Morgan fingerprint density at radius 2 is 1.55 bits per heavy atom. The molecule has 7 heteroatoms. The van der Waals surface area contributed by atoms with Crippen molar-refractivity contribution in [3.05, 3.63) is 95.1 Å². The molecule has 0 spiro atoms. The van der Waals surface area contributed by atoms with Crippen LogP contribution in [0.4, 0.5) is 5.69 Å². The Hall–Kier alpha value is -3.45. The van der Waals surface area contributed by atoms with Crippen molar-refractivity contribution in [1.82, 2.24) is 5.43 Å². The van der Waals surface area contributed by atoms with Crippen LogP contribution in [0.5, 0.6) is 0 Å². The first-order valence-corrected chi connectivity index (χ1v) is 11.2. The van der Waals surface area contributed by atoms with Crippen LogP contribution in [0.25, 0.3) is 0 Å². The number of anilines is 1. The molecule has 0 aliphatic carbocycles. The van der Waals surface area contributed by atoms with Gasteiger partial charge in [0, 0.05) is 0 Å². The maximum Gasteiger partial charge on any atom is 0.264 e. The molecule has 0 bridgehead atoms. The summed E-state index contributed by atoms with van der Waals surface area (Å²) in [7, 11) is -3.94. The second-order valence-corrected chi connectivity index (χ2v) is 9.23. The number of rotatable bonds is 7. The zero-order valence-electron chi connectivity index (χ0n) is 17.7. The number of amides is 1. The Morgan fingerprint density at radius 1 is 0.903 bits per heavy atom. The fraction of sp³-hybridized carbons (Fsp3) is 0.167. The zero-order chi connectivity index (χ0) is 22.4. The molecule has 0 unspecified atom stereocenters. The monoisotopic (exact) mass is 435 g/mol. The van der Waals surface area contributed by atoms with Crippen LogP contribution in [-0.2, 0) is 14.8 Å². The number of benzene rings is 3. The van der Waals surface area contributed by atoms with Gasteiger partial charge in [-0.05, 0) is 56.2 Å². The van der Waals surface area contributed by atoms with Crippen molar-refractivity contribution in [2.24, 2.45) is 5.10 Å². The van der Waals surface area contributed by atoms with E-state index in [1.807, 2.05) is 51.1 Å². The van der Waals surface area contributed by atoms with Gasteiger partial charge in [0.2, 0.25) is 0 Å². The van der Waals surface area contributed by atoms with Gasteiger partial charge in [-0.25, -0.2) is 13.8 Å². The number of nitrogens with zero attached hydrogens (tertiary/aromatic N) is 2. The largest absolute Gasteiger partial charge is 0.271 e. The van der Waals surface area contributed by atoms with E-state index in [0.29, 0.717) is 5.69 Å². The van der Waals surface area contributed by atoms with Crippen LogP contribution in [0.2, 0.25) is 0 Å². The van der Waals surface area contributed by atoms with Crippen molar-refractivity contribution in [3.63, 3.8) is 0 Å². The molecule has 0 aliphatic heterocycles. The number of carbonyl (C=O) groups excluding carboxylic acids is 1. The summed E-state index contributed by atoms with van der Waals surface area (Å²) in [5, 5.41) is 3.97. The third-order valence-electron chi connectivity index (χ3n) is 4.63. The van der Waals surface area contributed by atoms with Gasteiger partial charge in [0.1, 0.15) is 6.54 Å². The number of carbonyl (C=O) groups is 1. The summed E-state index contributed by atoms with van der Waals surface area (Å²) in [6, 6.07) is 21.2. The molecule has 3 rings (SSSR count). The minimum atomic E-state index is -3.94. The van der Waals surface area contributed by atoms with Crippen molar-refractivity contribution >= 4 is 27.8 Å². The van der Waals surface area contributed by atoms with Crippen molar-refractivity contribution < 1.29 is 13.2 Å². The van der Waals surface area contributed by atoms with E-state index in [1.54, 1.807) is 42.5 Å². The molecule has 1 amide bonds. The molecule has 3 aromatic carbocycles. The summed E-state index contributed by atoms with van der Waals surface area (Å²) < 4.78 is 27.8. The topological polar surface area (TPSA) is 78.8 Å². The predicted molar refractivity (Wildman–Crippen MR) is 124 cm³/mol. The van der Waals surface area contributed by atoms with Gasteiger partial charge in [0.25, 0.3) is 15.9 Å². The Bertz CT molecular complexity index is 1200. The van der Waals surface area contributed by atoms with Crippen molar-refractivity contribution in [3.8, 4) is 0 Å². The molecule has 31 heavy (non-hydrogen) atoms. The molecular weight excluding hydrogens is 410 g/mol. The number of hydrazone groups is 1. The molecule has 1 N–H and O–H groups in total. The lowest BCUT2D eigenvalue weighted by Crippen LogP contribution is -2.39. The molecule has 160 valence electrons. The lowest BCUT2D eigenvalue weighted by molar-refractivity contribution is -0.119. The smallest absolute Gasteiger partial charge is 0.264 e. The fourth-order valence-electron chi connectivity index (χ4n) is 3.03.